The van der Waals surface area contributed by atoms with Crippen LogP contribution in [0.15, 0.2) is 53.4 Å². The molecule has 2 aromatic rings. The van der Waals surface area contributed by atoms with Crippen LogP contribution in [0.1, 0.15) is 11.1 Å². The summed E-state index contributed by atoms with van der Waals surface area (Å²) in [5.74, 6) is 0.633. The first kappa shape index (κ1) is 15.8. The van der Waals surface area contributed by atoms with Crippen molar-refractivity contribution in [1.82, 2.24) is 0 Å². The highest BCUT2D eigenvalue weighted by molar-refractivity contribution is 8.27. The van der Waals surface area contributed by atoms with E-state index in [0.29, 0.717) is 9.23 Å². The molecule has 0 saturated carbocycles. The Morgan fingerprint density at radius 2 is 1.83 bits per heavy atom. The molecule has 1 amide bonds. The van der Waals surface area contributed by atoms with Crippen molar-refractivity contribution in [3.8, 4) is 5.75 Å². The largest absolute Gasteiger partial charge is 0.496 e. The van der Waals surface area contributed by atoms with Gasteiger partial charge in [0.2, 0.25) is 0 Å². The third kappa shape index (κ3) is 3.02. The van der Waals surface area contributed by atoms with Gasteiger partial charge in [0.25, 0.3) is 5.91 Å². The van der Waals surface area contributed by atoms with Gasteiger partial charge in [0.15, 0.2) is 4.32 Å². The van der Waals surface area contributed by atoms with E-state index in [2.05, 4.69) is 0 Å². The number of nitrogens with zero attached hydrogens (tertiary/aromatic N) is 1. The molecule has 0 aromatic heterocycles. The number of methoxy groups -OCH3 is 1. The quantitative estimate of drug-likeness (QED) is 0.611. The van der Waals surface area contributed by atoms with Crippen LogP contribution < -0.4 is 9.64 Å². The standard InChI is InChI=1S/C18H15NO2S2/c1-12-7-3-5-9-14(12)19-17(20)16(23-18(19)22)11-13-8-4-6-10-15(13)21-2/h3-11H,1-2H3/b16-11-. The monoisotopic (exact) mass is 341 g/mol. The Labute approximate surface area is 144 Å². The van der Waals surface area contributed by atoms with E-state index in [1.165, 1.54) is 11.8 Å². The molecule has 1 aliphatic heterocycles. The van der Waals surface area contributed by atoms with Gasteiger partial charge in [-0.25, -0.2) is 0 Å². The third-order valence-corrected chi connectivity index (χ3v) is 4.88. The molecular formula is C18H15NO2S2. The SMILES string of the molecule is COc1ccccc1/C=C1\SC(=S)N(c2ccccc2C)C1=O. The van der Waals surface area contributed by atoms with Gasteiger partial charge in [0, 0.05) is 5.56 Å². The maximum absolute atomic E-state index is 12.8. The first-order chi connectivity index (χ1) is 11.1. The highest BCUT2D eigenvalue weighted by Crippen LogP contribution is 2.38. The molecule has 0 bridgehead atoms. The van der Waals surface area contributed by atoms with Crippen LogP contribution in [0.25, 0.3) is 6.08 Å². The van der Waals surface area contributed by atoms with Gasteiger partial charge in [0.1, 0.15) is 5.75 Å². The number of ether oxygens (including phenoxy) is 1. The van der Waals surface area contributed by atoms with Gasteiger partial charge in [-0.05, 0) is 30.7 Å². The highest BCUT2D eigenvalue weighted by atomic mass is 32.2. The number of para-hydroxylation sites is 2. The van der Waals surface area contributed by atoms with Gasteiger partial charge in [-0.15, -0.1) is 0 Å². The van der Waals surface area contributed by atoms with E-state index in [4.69, 9.17) is 17.0 Å². The molecule has 5 heteroatoms. The fourth-order valence-electron chi connectivity index (χ4n) is 2.42. The molecule has 1 aliphatic rings. The van der Waals surface area contributed by atoms with E-state index < -0.39 is 0 Å². The van der Waals surface area contributed by atoms with Crippen molar-refractivity contribution >= 4 is 46.0 Å². The van der Waals surface area contributed by atoms with Crippen LogP contribution >= 0.6 is 24.0 Å². The lowest BCUT2D eigenvalue weighted by Crippen LogP contribution is -2.28. The molecule has 116 valence electrons. The van der Waals surface area contributed by atoms with Crippen LogP contribution in [-0.2, 0) is 4.79 Å². The Hall–Kier alpha value is -2.11. The van der Waals surface area contributed by atoms with E-state index in [-0.39, 0.29) is 5.91 Å². The zero-order valence-corrected chi connectivity index (χ0v) is 14.4. The molecular weight excluding hydrogens is 326 g/mol. The van der Waals surface area contributed by atoms with Crippen molar-refractivity contribution in [1.29, 1.82) is 0 Å². The third-order valence-electron chi connectivity index (χ3n) is 3.58. The number of hydrogen-bond acceptors (Lipinski definition) is 4. The van der Waals surface area contributed by atoms with E-state index >= 15 is 0 Å². The van der Waals surface area contributed by atoms with E-state index in [0.717, 1.165) is 22.6 Å². The second-order valence-corrected chi connectivity index (χ2v) is 6.72. The normalized spacial score (nSPS) is 16.3. The second-order valence-electron chi connectivity index (χ2n) is 5.05. The van der Waals surface area contributed by atoms with Crippen LogP contribution in [-0.4, -0.2) is 17.3 Å². The van der Waals surface area contributed by atoms with Gasteiger partial charge < -0.3 is 4.74 Å². The van der Waals surface area contributed by atoms with Crippen molar-refractivity contribution in [2.24, 2.45) is 0 Å². The Balaban J connectivity index is 1.99. The molecule has 3 rings (SSSR count). The van der Waals surface area contributed by atoms with Gasteiger partial charge in [-0.2, -0.15) is 0 Å². The first-order valence-corrected chi connectivity index (χ1v) is 8.31. The van der Waals surface area contributed by atoms with Crippen molar-refractivity contribution in [2.75, 3.05) is 12.0 Å². The van der Waals surface area contributed by atoms with Gasteiger partial charge in [-0.3, -0.25) is 9.69 Å². The summed E-state index contributed by atoms with van der Waals surface area (Å²) in [6.07, 6.45) is 1.83. The molecule has 1 fully saturated rings. The zero-order chi connectivity index (χ0) is 16.4. The lowest BCUT2D eigenvalue weighted by Gasteiger charge is -2.16. The number of aryl methyl sites for hydroxylation is 1. The average Bonchev–Trinajstić information content (AvgIpc) is 2.83. The van der Waals surface area contributed by atoms with Crippen molar-refractivity contribution in [2.45, 2.75) is 6.92 Å². The molecule has 1 heterocycles. The summed E-state index contributed by atoms with van der Waals surface area (Å²) in [6.45, 7) is 1.97. The van der Waals surface area contributed by atoms with Crippen LogP contribution in [0.4, 0.5) is 5.69 Å². The van der Waals surface area contributed by atoms with Crippen LogP contribution in [0.3, 0.4) is 0 Å². The van der Waals surface area contributed by atoms with Crippen LogP contribution in [0.2, 0.25) is 0 Å². The number of anilines is 1. The molecule has 23 heavy (non-hydrogen) atoms. The van der Waals surface area contributed by atoms with Crippen molar-refractivity contribution in [3.63, 3.8) is 0 Å². The van der Waals surface area contributed by atoms with E-state index in [9.17, 15) is 4.79 Å². The summed E-state index contributed by atoms with van der Waals surface area (Å²) >= 11 is 6.72. The predicted octanol–water partition coefficient (Wildman–Crippen LogP) is 4.41. The summed E-state index contributed by atoms with van der Waals surface area (Å²) in [5.41, 5.74) is 2.71. The minimum absolute atomic E-state index is 0.0970. The second kappa shape index (κ2) is 6.56. The molecule has 0 aliphatic carbocycles. The van der Waals surface area contributed by atoms with Gasteiger partial charge in [0.05, 0.1) is 17.7 Å². The minimum atomic E-state index is -0.0970. The van der Waals surface area contributed by atoms with Crippen molar-refractivity contribution in [3.05, 3.63) is 64.6 Å². The Kier molecular flexibility index (Phi) is 4.50. The maximum atomic E-state index is 12.8. The zero-order valence-electron chi connectivity index (χ0n) is 12.8. The fraction of sp³-hybridized carbons (Fsp3) is 0.111. The number of carbonyl (C=O) groups is 1. The molecule has 1 saturated heterocycles. The minimum Gasteiger partial charge on any atom is -0.496 e. The summed E-state index contributed by atoms with van der Waals surface area (Å²) < 4.78 is 5.88. The number of thiocarbonyl (C=S) groups is 1. The molecule has 3 nitrogen and oxygen atoms in total. The van der Waals surface area contributed by atoms with E-state index in [1.54, 1.807) is 12.0 Å². The highest BCUT2D eigenvalue weighted by Gasteiger charge is 2.34. The summed E-state index contributed by atoms with van der Waals surface area (Å²) in [6, 6.07) is 15.3. The molecule has 2 aromatic carbocycles. The predicted molar refractivity (Wildman–Crippen MR) is 99.8 cm³/mol. The Morgan fingerprint density at radius 3 is 2.57 bits per heavy atom. The maximum Gasteiger partial charge on any atom is 0.270 e. The summed E-state index contributed by atoms with van der Waals surface area (Å²) in [4.78, 5) is 15.0. The molecule has 0 N–H and O–H groups in total. The summed E-state index contributed by atoms with van der Waals surface area (Å²) in [5, 5.41) is 0. The molecule has 0 atom stereocenters. The lowest BCUT2D eigenvalue weighted by molar-refractivity contribution is -0.113. The molecule has 0 unspecified atom stereocenters. The average molecular weight is 341 g/mol. The smallest absolute Gasteiger partial charge is 0.270 e. The topological polar surface area (TPSA) is 29.5 Å². The number of thioether (sulfide) groups is 1. The number of hydrogen-bond donors (Lipinski definition) is 0. The van der Waals surface area contributed by atoms with E-state index in [1.807, 2.05) is 61.5 Å². The first-order valence-electron chi connectivity index (χ1n) is 7.08. The summed E-state index contributed by atoms with van der Waals surface area (Å²) in [7, 11) is 1.62. The van der Waals surface area contributed by atoms with Crippen molar-refractivity contribution < 1.29 is 9.53 Å². The molecule has 0 spiro atoms. The number of rotatable bonds is 3. The Morgan fingerprint density at radius 1 is 1.13 bits per heavy atom. The van der Waals surface area contributed by atoms with Crippen LogP contribution in [0, 0.1) is 6.92 Å². The van der Waals surface area contributed by atoms with Crippen LogP contribution in [0.5, 0.6) is 5.75 Å². The lowest BCUT2D eigenvalue weighted by atomic mass is 10.1. The van der Waals surface area contributed by atoms with Gasteiger partial charge >= 0.3 is 0 Å². The number of benzene rings is 2. The molecule has 0 radical (unpaired) electrons. The Bertz CT molecular complexity index is 814. The number of carbonyl (C=O) groups excluding carboxylic acids is 1. The fourth-order valence-corrected chi connectivity index (χ4v) is 3.69. The van der Waals surface area contributed by atoms with Gasteiger partial charge in [-0.1, -0.05) is 60.4 Å². The number of amides is 1.